The van der Waals surface area contributed by atoms with Crippen LogP contribution >= 0.6 is 0 Å². The number of nitro benzene ring substituents is 1. The predicted molar refractivity (Wildman–Crippen MR) is 90.2 cm³/mol. The molecule has 1 saturated heterocycles. The Labute approximate surface area is 143 Å². The van der Waals surface area contributed by atoms with Crippen molar-refractivity contribution < 1.29 is 22.9 Å². The summed E-state index contributed by atoms with van der Waals surface area (Å²) < 4.78 is 29.5. The van der Waals surface area contributed by atoms with E-state index in [1.807, 2.05) is 4.90 Å². The minimum atomic E-state index is -3.04. The Bertz CT molecular complexity index is 936. The lowest BCUT2D eigenvalue weighted by molar-refractivity contribution is -0.383. The largest absolute Gasteiger partial charge is 0.464 e. The van der Waals surface area contributed by atoms with E-state index in [0.717, 1.165) is 0 Å². The van der Waals surface area contributed by atoms with Gasteiger partial charge >= 0.3 is 5.97 Å². The van der Waals surface area contributed by atoms with Crippen molar-refractivity contribution in [1.82, 2.24) is 9.47 Å². The third-order valence-corrected chi connectivity index (χ3v) is 5.88. The highest BCUT2D eigenvalue weighted by atomic mass is 32.2. The maximum absolute atomic E-state index is 12.1. The van der Waals surface area contributed by atoms with Gasteiger partial charge < -0.3 is 9.30 Å². The van der Waals surface area contributed by atoms with E-state index in [1.54, 1.807) is 18.2 Å². The standard InChI is InChI=1S/C15H17N3O6S/c1-24-15(19)13-9-11-3-2-4-12(18(20)21)14(11)17(13)10-16-5-7-25(22,23)8-6-16/h2-4,9H,5-8,10H2,1H3. The van der Waals surface area contributed by atoms with Crippen molar-refractivity contribution in [3.05, 3.63) is 40.1 Å². The van der Waals surface area contributed by atoms with Crippen LogP contribution in [0.3, 0.4) is 0 Å². The number of carbonyl (C=O) groups excluding carboxylic acids is 1. The molecule has 0 saturated carbocycles. The number of aromatic nitrogens is 1. The minimum absolute atomic E-state index is 0.0296. The molecule has 1 fully saturated rings. The maximum atomic E-state index is 12.1. The SMILES string of the molecule is COC(=O)c1cc2cccc([N+](=O)[O-])c2n1CN1CCS(=O)(=O)CC1. The average Bonchev–Trinajstić information content (AvgIpc) is 2.94. The van der Waals surface area contributed by atoms with E-state index in [4.69, 9.17) is 4.74 Å². The number of non-ortho nitro benzene ring substituents is 1. The number of nitro groups is 1. The molecule has 1 aliphatic rings. The molecule has 0 N–H and O–H groups in total. The van der Waals surface area contributed by atoms with Gasteiger partial charge in [-0.15, -0.1) is 0 Å². The lowest BCUT2D eigenvalue weighted by atomic mass is 10.2. The summed E-state index contributed by atoms with van der Waals surface area (Å²) in [6, 6.07) is 6.17. The lowest BCUT2D eigenvalue weighted by Gasteiger charge is -2.27. The zero-order valence-corrected chi connectivity index (χ0v) is 14.4. The molecular formula is C15H17N3O6S. The molecule has 0 radical (unpaired) electrons. The van der Waals surface area contributed by atoms with Crippen molar-refractivity contribution in [2.24, 2.45) is 0 Å². The van der Waals surface area contributed by atoms with E-state index in [0.29, 0.717) is 24.0 Å². The highest BCUT2D eigenvalue weighted by molar-refractivity contribution is 7.91. The summed E-state index contributed by atoms with van der Waals surface area (Å²) in [6.07, 6.45) is 0. The average molecular weight is 367 g/mol. The molecule has 3 rings (SSSR count). The first-order chi connectivity index (χ1) is 11.8. The lowest BCUT2D eigenvalue weighted by Crippen LogP contribution is -2.41. The Balaban J connectivity index is 2.07. The van der Waals surface area contributed by atoms with Crippen LogP contribution < -0.4 is 0 Å². The monoisotopic (exact) mass is 367 g/mol. The number of esters is 1. The van der Waals surface area contributed by atoms with Crippen LogP contribution in [0.5, 0.6) is 0 Å². The molecular weight excluding hydrogens is 350 g/mol. The number of hydrogen-bond donors (Lipinski definition) is 0. The number of carbonyl (C=O) groups is 1. The van der Waals surface area contributed by atoms with Gasteiger partial charge in [-0.2, -0.15) is 0 Å². The second-order valence-corrected chi connectivity index (χ2v) is 8.14. The Morgan fingerprint density at radius 2 is 2.00 bits per heavy atom. The fourth-order valence-corrected chi connectivity index (χ4v) is 4.24. The maximum Gasteiger partial charge on any atom is 0.354 e. The zero-order chi connectivity index (χ0) is 18.2. The van der Waals surface area contributed by atoms with Gasteiger partial charge in [0.2, 0.25) is 0 Å². The molecule has 10 heteroatoms. The number of nitrogens with zero attached hydrogens (tertiary/aromatic N) is 3. The highest BCUT2D eigenvalue weighted by Crippen LogP contribution is 2.29. The zero-order valence-electron chi connectivity index (χ0n) is 13.5. The van der Waals surface area contributed by atoms with E-state index in [-0.39, 0.29) is 29.6 Å². The predicted octanol–water partition coefficient (Wildman–Crippen LogP) is 1.02. The van der Waals surface area contributed by atoms with Gasteiger partial charge in [-0.05, 0) is 6.07 Å². The molecule has 1 aliphatic heterocycles. The number of para-hydroxylation sites is 1. The first-order valence-electron chi connectivity index (χ1n) is 7.60. The molecule has 9 nitrogen and oxygen atoms in total. The third kappa shape index (κ3) is 3.35. The van der Waals surface area contributed by atoms with Gasteiger partial charge in [-0.1, -0.05) is 12.1 Å². The van der Waals surface area contributed by atoms with Crippen molar-refractivity contribution in [3.8, 4) is 0 Å². The first kappa shape index (κ1) is 17.4. The molecule has 2 aromatic rings. The third-order valence-electron chi connectivity index (χ3n) is 4.27. The van der Waals surface area contributed by atoms with Gasteiger partial charge in [0.15, 0.2) is 9.84 Å². The molecule has 134 valence electrons. The van der Waals surface area contributed by atoms with E-state index < -0.39 is 20.7 Å². The number of methoxy groups -OCH3 is 1. The molecule has 0 amide bonds. The van der Waals surface area contributed by atoms with Gasteiger partial charge in [0.1, 0.15) is 11.2 Å². The number of hydrogen-bond acceptors (Lipinski definition) is 7. The molecule has 25 heavy (non-hydrogen) atoms. The molecule has 2 heterocycles. The second kappa shape index (κ2) is 6.45. The number of benzene rings is 1. The normalized spacial score (nSPS) is 17.5. The van der Waals surface area contributed by atoms with Crippen LogP contribution in [-0.2, 0) is 21.2 Å². The van der Waals surface area contributed by atoms with Crippen LogP contribution in [0.2, 0.25) is 0 Å². The van der Waals surface area contributed by atoms with Crippen molar-refractivity contribution in [2.45, 2.75) is 6.67 Å². The van der Waals surface area contributed by atoms with Crippen molar-refractivity contribution in [3.63, 3.8) is 0 Å². The fraction of sp³-hybridized carbons (Fsp3) is 0.400. The van der Waals surface area contributed by atoms with E-state index in [2.05, 4.69) is 0 Å². The van der Waals surface area contributed by atoms with Crippen LogP contribution in [0.25, 0.3) is 10.9 Å². The van der Waals surface area contributed by atoms with Crippen LogP contribution in [-0.4, -0.2) is 60.5 Å². The van der Waals surface area contributed by atoms with Gasteiger partial charge in [-0.25, -0.2) is 13.2 Å². The summed E-state index contributed by atoms with van der Waals surface area (Å²) in [4.78, 5) is 24.8. The highest BCUT2D eigenvalue weighted by Gasteiger charge is 2.26. The summed E-state index contributed by atoms with van der Waals surface area (Å²) in [6.45, 7) is 0.792. The summed E-state index contributed by atoms with van der Waals surface area (Å²) in [5.41, 5.74) is 0.402. The van der Waals surface area contributed by atoms with E-state index in [9.17, 15) is 23.3 Å². The Kier molecular flexibility index (Phi) is 4.48. The van der Waals surface area contributed by atoms with Crippen LogP contribution in [0.4, 0.5) is 5.69 Å². The Hall–Kier alpha value is -2.46. The number of sulfone groups is 1. The molecule has 0 atom stereocenters. The summed E-state index contributed by atoms with van der Waals surface area (Å²) in [5.74, 6) is -0.543. The van der Waals surface area contributed by atoms with Crippen LogP contribution in [0.1, 0.15) is 10.5 Å². The Morgan fingerprint density at radius 3 is 2.60 bits per heavy atom. The summed E-state index contributed by atoms with van der Waals surface area (Å²) >= 11 is 0. The summed E-state index contributed by atoms with van der Waals surface area (Å²) in [5, 5.41) is 11.9. The first-order valence-corrected chi connectivity index (χ1v) is 9.42. The Morgan fingerprint density at radius 1 is 1.32 bits per heavy atom. The van der Waals surface area contributed by atoms with Crippen LogP contribution in [0, 0.1) is 10.1 Å². The second-order valence-electron chi connectivity index (χ2n) is 5.83. The number of ether oxygens (including phenoxy) is 1. The molecule has 0 bridgehead atoms. The van der Waals surface area contributed by atoms with Gasteiger partial charge in [0, 0.05) is 24.5 Å². The van der Waals surface area contributed by atoms with E-state index >= 15 is 0 Å². The van der Waals surface area contributed by atoms with Crippen molar-refractivity contribution in [1.29, 1.82) is 0 Å². The van der Waals surface area contributed by atoms with Crippen molar-refractivity contribution in [2.75, 3.05) is 31.7 Å². The van der Waals surface area contributed by atoms with Crippen molar-refractivity contribution >= 4 is 32.4 Å². The fourth-order valence-electron chi connectivity index (χ4n) is 2.96. The van der Waals surface area contributed by atoms with E-state index in [1.165, 1.54) is 17.7 Å². The molecule has 1 aromatic heterocycles. The molecule has 1 aromatic carbocycles. The number of fused-ring (bicyclic) bond motifs is 1. The topological polar surface area (TPSA) is 112 Å². The smallest absolute Gasteiger partial charge is 0.354 e. The summed E-state index contributed by atoms with van der Waals surface area (Å²) in [7, 11) is -1.80. The van der Waals surface area contributed by atoms with Crippen LogP contribution in [0.15, 0.2) is 24.3 Å². The quantitative estimate of drug-likeness (QED) is 0.450. The van der Waals surface area contributed by atoms with Gasteiger partial charge in [0.25, 0.3) is 5.69 Å². The molecule has 0 aliphatic carbocycles. The minimum Gasteiger partial charge on any atom is -0.464 e. The molecule has 0 unspecified atom stereocenters. The molecule has 0 spiro atoms. The van der Waals surface area contributed by atoms with Gasteiger partial charge in [0.05, 0.1) is 30.2 Å². The van der Waals surface area contributed by atoms with Gasteiger partial charge in [-0.3, -0.25) is 15.0 Å². The number of rotatable bonds is 4.